The average molecular weight is 183 g/mol. The van der Waals surface area contributed by atoms with E-state index < -0.39 is 0 Å². The van der Waals surface area contributed by atoms with Gasteiger partial charge < -0.3 is 15.6 Å². The lowest BCUT2D eigenvalue weighted by atomic mass is 10.5. The molecule has 0 saturated heterocycles. The maximum Gasteiger partial charge on any atom is 0.170 e. The highest BCUT2D eigenvalue weighted by molar-refractivity contribution is 7.80. The van der Waals surface area contributed by atoms with Gasteiger partial charge in [0.05, 0.1) is 5.69 Å². The summed E-state index contributed by atoms with van der Waals surface area (Å²) in [6.07, 6.45) is 4.79. The maximum absolute atomic E-state index is 5.03. The minimum Gasteiger partial charge on any atom is -0.366 e. The van der Waals surface area contributed by atoms with Crippen molar-refractivity contribution in [1.29, 1.82) is 0 Å². The minimum absolute atomic E-state index is 0.677. The fourth-order valence-electron chi connectivity index (χ4n) is 0.815. The molecule has 1 heterocycles. The molecule has 0 spiro atoms. The number of H-pyrrole nitrogens is 1. The summed E-state index contributed by atoms with van der Waals surface area (Å²) in [6.45, 7) is 3.02. The number of hydrogen-bond donors (Lipinski definition) is 3. The zero-order valence-corrected chi connectivity index (χ0v) is 7.87. The first kappa shape index (κ1) is 9.06. The number of aromatic amines is 1. The lowest BCUT2D eigenvalue weighted by Gasteiger charge is -2.06. The topological polar surface area (TPSA) is 39.8 Å². The quantitative estimate of drug-likeness (QED) is 0.625. The Balaban J connectivity index is 2.27. The van der Waals surface area contributed by atoms with E-state index in [0.29, 0.717) is 5.11 Å². The molecule has 4 heteroatoms. The lowest BCUT2D eigenvalue weighted by Crippen LogP contribution is -2.28. The Morgan fingerprint density at radius 3 is 3.08 bits per heavy atom. The van der Waals surface area contributed by atoms with E-state index in [0.717, 1.165) is 18.7 Å². The van der Waals surface area contributed by atoms with Crippen LogP contribution in [0, 0.1) is 0 Å². The number of nitrogens with one attached hydrogen (secondary N) is 3. The number of hydrogen-bond acceptors (Lipinski definition) is 1. The Morgan fingerprint density at radius 1 is 1.67 bits per heavy atom. The van der Waals surface area contributed by atoms with Gasteiger partial charge in [-0.3, -0.25) is 0 Å². The van der Waals surface area contributed by atoms with Crippen LogP contribution in [0.25, 0.3) is 0 Å². The summed E-state index contributed by atoms with van der Waals surface area (Å²) in [5.74, 6) is 0. The second-order valence-electron chi connectivity index (χ2n) is 2.48. The van der Waals surface area contributed by atoms with Gasteiger partial charge in [-0.1, -0.05) is 6.92 Å². The Kier molecular flexibility index (Phi) is 3.60. The molecule has 0 unspecified atom stereocenters. The molecule has 0 atom stereocenters. The van der Waals surface area contributed by atoms with E-state index in [9.17, 15) is 0 Å². The molecule has 0 bridgehead atoms. The Bertz CT molecular complexity index is 230. The molecule has 1 aromatic heterocycles. The van der Waals surface area contributed by atoms with Gasteiger partial charge in [-0.25, -0.2) is 0 Å². The highest BCUT2D eigenvalue weighted by Crippen LogP contribution is 2.02. The largest absolute Gasteiger partial charge is 0.366 e. The first-order valence-electron chi connectivity index (χ1n) is 4.00. The predicted octanol–water partition coefficient (Wildman–Crippen LogP) is 1.71. The SMILES string of the molecule is CCCNC(=S)Nc1cc[nH]c1. The summed E-state index contributed by atoms with van der Waals surface area (Å²) in [7, 11) is 0. The summed E-state index contributed by atoms with van der Waals surface area (Å²) >= 11 is 5.03. The van der Waals surface area contributed by atoms with Crippen LogP contribution in [-0.4, -0.2) is 16.6 Å². The van der Waals surface area contributed by atoms with Crippen molar-refractivity contribution in [2.45, 2.75) is 13.3 Å². The van der Waals surface area contributed by atoms with Crippen molar-refractivity contribution in [1.82, 2.24) is 10.3 Å². The number of rotatable bonds is 3. The summed E-state index contributed by atoms with van der Waals surface area (Å²) < 4.78 is 0. The molecule has 66 valence electrons. The number of anilines is 1. The third-order valence-electron chi connectivity index (χ3n) is 1.39. The van der Waals surface area contributed by atoms with E-state index in [1.165, 1.54) is 0 Å². The van der Waals surface area contributed by atoms with Crippen LogP contribution in [0.1, 0.15) is 13.3 Å². The van der Waals surface area contributed by atoms with Gasteiger partial charge in [0.2, 0.25) is 0 Å². The van der Waals surface area contributed by atoms with Crippen molar-refractivity contribution < 1.29 is 0 Å². The van der Waals surface area contributed by atoms with E-state index in [2.05, 4.69) is 22.5 Å². The summed E-state index contributed by atoms with van der Waals surface area (Å²) in [5, 5.41) is 6.80. The van der Waals surface area contributed by atoms with Gasteiger partial charge in [-0.15, -0.1) is 0 Å². The zero-order valence-electron chi connectivity index (χ0n) is 7.05. The van der Waals surface area contributed by atoms with Gasteiger partial charge in [0.1, 0.15) is 0 Å². The van der Waals surface area contributed by atoms with Gasteiger partial charge in [0.25, 0.3) is 0 Å². The highest BCUT2D eigenvalue weighted by atomic mass is 32.1. The van der Waals surface area contributed by atoms with Crippen LogP contribution < -0.4 is 10.6 Å². The van der Waals surface area contributed by atoms with Crippen molar-refractivity contribution in [3.8, 4) is 0 Å². The van der Waals surface area contributed by atoms with Gasteiger partial charge in [-0.05, 0) is 24.7 Å². The fourth-order valence-corrected chi connectivity index (χ4v) is 1.04. The van der Waals surface area contributed by atoms with Crippen LogP contribution in [0.15, 0.2) is 18.5 Å². The predicted molar refractivity (Wildman–Crippen MR) is 55.3 cm³/mol. The van der Waals surface area contributed by atoms with Crippen molar-refractivity contribution in [2.24, 2.45) is 0 Å². The monoisotopic (exact) mass is 183 g/mol. The molecule has 0 radical (unpaired) electrons. The second kappa shape index (κ2) is 4.77. The molecule has 3 nitrogen and oxygen atoms in total. The molecular formula is C8H13N3S. The Labute approximate surface area is 77.6 Å². The van der Waals surface area contributed by atoms with E-state index in [1.54, 1.807) is 0 Å². The first-order valence-corrected chi connectivity index (χ1v) is 4.41. The molecule has 0 aromatic carbocycles. The molecule has 0 aliphatic carbocycles. The zero-order chi connectivity index (χ0) is 8.81. The number of aromatic nitrogens is 1. The van der Waals surface area contributed by atoms with Gasteiger partial charge in [0.15, 0.2) is 5.11 Å². The van der Waals surface area contributed by atoms with Crippen LogP contribution in [0.5, 0.6) is 0 Å². The Morgan fingerprint density at radius 2 is 2.50 bits per heavy atom. The smallest absolute Gasteiger partial charge is 0.170 e. The number of thiocarbonyl (C=S) groups is 1. The van der Waals surface area contributed by atoms with Gasteiger partial charge in [-0.2, -0.15) is 0 Å². The molecule has 12 heavy (non-hydrogen) atoms. The molecule has 0 amide bonds. The van der Waals surface area contributed by atoms with Crippen molar-refractivity contribution in [3.63, 3.8) is 0 Å². The van der Waals surface area contributed by atoms with E-state index >= 15 is 0 Å². The van der Waals surface area contributed by atoms with E-state index in [1.807, 2.05) is 18.5 Å². The summed E-state index contributed by atoms with van der Waals surface area (Å²) in [5.41, 5.74) is 0.989. The molecule has 0 aliphatic rings. The molecule has 0 saturated carbocycles. The molecule has 0 aliphatic heterocycles. The van der Waals surface area contributed by atoms with Gasteiger partial charge in [0, 0.05) is 18.9 Å². The Hall–Kier alpha value is -1.03. The molecule has 1 aromatic rings. The van der Waals surface area contributed by atoms with E-state index in [-0.39, 0.29) is 0 Å². The second-order valence-corrected chi connectivity index (χ2v) is 2.89. The maximum atomic E-state index is 5.03. The standard InChI is InChI=1S/C8H13N3S/c1-2-4-10-8(12)11-7-3-5-9-6-7/h3,5-6,9H,2,4H2,1H3,(H2,10,11,12). The van der Waals surface area contributed by atoms with Gasteiger partial charge >= 0.3 is 0 Å². The first-order chi connectivity index (χ1) is 5.83. The lowest BCUT2D eigenvalue weighted by molar-refractivity contribution is 0.846. The minimum atomic E-state index is 0.677. The highest BCUT2D eigenvalue weighted by Gasteiger charge is 1.94. The van der Waals surface area contributed by atoms with Crippen LogP contribution >= 0.6 is 12.2 Å². The summed E-state index contributed by atoms with van der Waals surface area (Å²) in [6, 6.07) is 1.93. The molecule has 3 N–H and O–H groups in total. The van der Waals surface area contributed by atoms with Crippen LogP contribution in [0.4, 0.5) is 5.69 Å². The average Bonchev–Trinajstić information content (AvgIpc) is 2.53. The van der Waals surface area contributed by atoms with Crippen LogP contribution in [-0.2, 0) is 0 Å². The van der Waals surface area contributed by atoms with Crippen LogP contribution in [0.3, 0.4) is 0 Å². The third kappa shape index (κ3) is 2.92. The fraction of sp³-hybridized carbons (Fsp3) is 0.375. The molecular weight excluding hydrogens is 170 g/mol. The van der Waals surface area contributed by atoms with Crippen molar-refractivity contribution >= 4 is 23.0 Å². The molecule has 1 rings (SSSR count). The molecule has 0 fully saturated rings. The third-order valence-corrected chi connectivity index (χ3v) is 1.64. The summed E-state index contributed by atoms with van der Waals surface area (Å²) in [4.78, 5) is 2.94. The van der Waals surface area contributed by atoms with Crippen molar-refractivity contribution in [2.75, 3.05) is 11.9 Å². The normalized spacial score (nSPS) is 9.42. The van der Waals surface area contributed by atoms with E-state index in [4.69, 9.17) is 12.2 Å². The van der Waals surface area contributed by atoms with Crippen LogP contribution in [0.2, 0.25) is 0 Å². The van der Waals surface area contributed by atoms with Crippen molar-refractivity contribution in [3.05, 3.63) is 18.5 Å².